The monoisotopic (exact) mass is 229 g/mol. The van der Waals surface area contributed by atoms with Crippen LogP contribution in [0.1, 0.15) is 35.5 Å². The van der Waals surface area contributed by atoms with E-state index in [0.717, 1.165) is 17.2 Å². The molecule has 1 aromatic heterocycles. The number of aliphatic hydroxyl groups excluding tert-OH is 1. The van der Waals surface area contributed by atoms with Crippen LogP contribution in [-0.2, 0) is 12.2 Å². The van der Waals surface area contributed by atoms with E-state index in [-0.39, 0.29) is 12.0 Å². The molecule has 0 bridgehead atoms. The first kappa shape index (κ1) is 10.5. The molecular weight excluding hydrogens is 214 g/mol. The number of aromatic nitrogens is 1. The molecule has 14 heavy (non-hydrogen) atoms. The number of nitrogens with zero attached hydrogens (tertiary/aromatic N) is 1. The van der Waals surface area contributed by atoms with Gasteiger partial charge in [0.25, 0.3) is 0 Å². The minimum Gasteiger partial charge on any atom is -0.386 e. The first-order chi connectivity index (χ1) is 6.68. The zero-order valence-corrected chi connectivity index (χ0v) is 10.1. The van der Waals surface area contributed by atoms with Gasteiger partial charge in [0, 0.05) is 10.6 Å². The third kappa shape index (κ3) is 1.97. The Labute approximate surface area is 92.8 Å². The van der Waals surface area contributed by atoms with Gasteiger partial charge in [0.1, 0.15) is 11.1 Å². The van der Waals surface area contributed by atoms with Crippen molar-refractivity contribution in [1.82, 2.24) is 4.98 Å². The summed E-state index contributed by atoms with van der Waals surface area (Å²) in [6.07, 6.45) is 0.692. The van der Waals surface area contributed by atoms with Crippen LogP contribution in [0.25, 0.3) is 0 Å². The summed E-state index contributed by atoms with van der Waals surface area (Å²) in [7, 11) is 0. The molecule has 0 aliphatic carbocycles. The van der Waals surface area contributed by atoms with Gasteiger partial charge >= 0.3 is 0 Å². The SMILES string of the molecule is CC(C)C(O)c1nc2c(s1)CSCC2. The molecule has 78 valence electrons. The molecule has 0 saturated heterocycles. The third-order valence-corrected chi connectivity index (χ3v) is 4.73. The van der Waals surface area contributed by atoms with Crippen molar-refractivity contribution < 1.29 is 5.11 Å². The number of rotatable bonds is 2. The highest BCUT2D eigenvalue weighted by Gasteiger charge is 2.21. The molecule has 1 aliphatic rings. The van der Waals surface area contributed by atoms with Gasteiger partial charge in [-0.2, -0.15) is 11.8 Å². The topological polar surface area (TPSA) is 33.1 Å². The molecule has 4 heteroatoms. The maximum Gasteiger partial charge on any atom is 0.122 e. The second kappa shape index (κ2) is 4.21. The van der Waals surface area contributed by atoms with Crippen molar-refractivity contribution in [3.8, 4) is 0 Å². The average molecular weight is 229 g/mol. The summed E-state index contributed by atoms with van der Waals surface area (Å²) in [5, 5.41) is 10.8. The summed E-state index contributed by atoms with van der Waals surface area (Å²) in [6, 6.07) is 0. The molecule has 1 atom stereocenters. The predicted octanol–water partition coefficient (Wildman–Crippen LogP) is 2.62. The van der Waals surface area contributed by atoms with Gasteiger partial charge in [-0.3, -0.25) is 0 Å². The molecule has 0 radical (unpaired) electrons. The standard InChI is InChI=1S/C10H15NOS2/c1-6(2)9(12)10-11-7-3-4-13-5-8(7)14-10/h6,9,12H,3-5H2,1-2H3. The van der Waals surface area contributed by atoms with Gasteiger partial charge in [0.05, 0.1) is 5.69 Å². The highest BCUT2D eigenvalue weighted by Crippen LogP contribution is 2.33. The lowest BCUT2D eigenvalue weighted by molar-refractivity contribution is 0.126. The van der Waals surface area contributed by atoms with Crippen LogP contribution in [0.4, 0.5) is 0 Å². The lowest BCUT2D eigenvalue weighted by Gasteiger charge is -2.10. The summed E-state index contributed by atoms with van der Waals surface area (Å²) in [5.41, 5.74) is 1.23. The van der Waals surface area contributed by atoms with Crippen LogP contribution in [-0.4, -0.2) is 15.8 Å². The molecule has 0 spiro atoms. The van der Waals surface area contributed by atoms with Crippen LogP contribution < -0.4 is 0 Å². The summed E-state index contributed by atoms with van der Waals surface area (Å²) in [4.78, 5) is 5.90. The minimum absolute atomic E-state index is 0.259. The number of hydrogen-bond acceptors (Lipinski definition) is 4. The lowest BCUT2D eigenvalue weighted by atomic mass is 10.1. The molecule has 0 amide bonds. The molecule has 0 aromatic carbocycles. The maximum absolute atomic E-state index is 9.89. The van der Waals surface area contributed by atoms with E-state index in [2.05, 4.69) is 4.98 Å². The van der Waals surface area contributed by atoms with Crippen molar-refractivity contribution in [2.75, 3.05) is 5.75 Å². The van der Waals surface area contributed by atoms with E-state index in [1.54, 1.807) is 11.3 Å². The average Bonchev–Trinajstić information content (AvgIpc) is 2.59. The fourth-order valence-corrected chi connectivity index (χ4v) is 3.84. The van der Waals surface area contributed by atoms with Crippen LogP contribution in [0, 0.1) is 5.92 Å². The number of hydrogen-bond donors (Lipinski definition) is 1. The van der Waals surface area contributed by atoms with Crippen LogP contribution in [0.3, 0.4) is 0 Å². The van der Waals surface area contributed by atoms with Crippen molar-refractivity contribution in [1.29, 1.82) is 0 Å². The summed E-state index contributed by atoms with van der Waals surface area (Å²) < 4.78 is 0. The van der Waals surface area contributed by atoms with E-state index < -0.39 is 0 Å². The Morgan fingerprint density at radius 3 is 2.86 bits per heavy atom. The number of thioether (sulfide) groups is 1. The molecule has 2 rings (SSSR count). The zero-order chi connectivity index (χ0) is 10.1. The van der Waals surface area contributed by atoms with Crippen molar-refractivity contribution in [2.24, 2.45) is 5.92 Å². The van der Waals surface area contributed by atoms with Gasteiger partial charge in [0.2, 0.25) is 0 Å². The molecule has 0 fully saturated rings. The summed E-state index contributed by atoms with van der Waals surface area (Å²) >= 11 is 3.65. The Hall–Kier alpha value is -0.0600. The van der Waals surface area contributed by atoms with Crippen molar-refractivity contribution in [3.05, 3.63) is 15.6 Å². The maximum atomic E-state index is 9.89. The molecule has 1 N–H and O–H groups in total. The largest absolute Gasteiger partial charge is 0.386 e. The normalized spacial score (nSPS) is 18.3. The van der Waals surface area contributed by atoms with Crippen LogP contribution in [0.15, 0.2) is 0 Å². The Balaban J connectivity index is 2.23. The molecular formula is C10H15NOS2. The van der Waals surface area contributed by atoms with Crippen LogP contribution >= 0.6 is 23.1 Å². The Bertz CT molecular complexity index is 298. The highest BCUT2D eigenvalue weighted by atomic mass is 32.2. The van der Waals surface area contributed by atoms with Gasteiger partial charge in [-0.05, 0) is 18.1 Å². The lowest BCUT2D eigenvalue weighted by Crippen LogP contribution is -2.05. The van der Waals surface area contributed by atoms with E-state index in [9.17, 15) is 5.11 Å². The van der Waals surface area contributed by atoms with Crippen LogP contribution in [0.5, 0.6) is 0 Å². The van der Waals surface area contributed by atoms with E-state index in [4.69, 9.17) is 0 Å². The fraction of sp³-hybridized carbons (Fsp3) is 0.700. The smallest absolute Gasteiger partial charge is 0.122 e. The van der Waals surface area contributed by atoms with Gasteiger partial charge in [-0.25, -0.2) is 4.98 Å². The fourth-order valence-electron chi connectivity index (χ4n) is 1.46. The van der Waals surface area contributed by atoms with Crippen molar-refractivity contribution in [3.63, 3.8) is 0 Å². The number of fused-ring (bicyclic) bond motifs is 1. The summed E-state index contributed by atoms with van der Waals surface area (Å²) in [6.45, 7) is 4.06. The highest BCUT2D eigenvalue weighted by molar-refractivity contribution is 7.98. The molecule has 2 nitrogen and oxygen atoms in total. The van der Waals surface area contributed by atoms with Crippen LogP contribution in [0.2, 0.25) is 0 Å². The first-order valence-electron chi connectivity index (χ1n) is 4.92. The van der Waals surface area contributed by atoms with Crippen molar-refractivity contribution >= 4 is 23.1 Å². The first-order valence-corrected chi connectivity index (χ1v) is 6.90. The van der Waals surface area contributed by atoms with E-state index in [1.165, 1.54) is 16.3 Å². The number of aliphatic hydroxyl groups is 1. The molecule has 1 aliphatic heterocycles. The van der Waals surface area contributed by atoms with Gasteiger partial charge in [0.15, 0.2) is 0 Å². The van der Waals surface area contributed by atoms with E-state index >= 15 is 0 Å². The molecule has 2 heterocycles. The second-order valence-corrected chi connectivity index (χ2v) is 6.13. The van der Waals surface area contributed by atoms with Crippen molar-refractivity contribution in [2.45, 2.75) is 32.1 Å². The molecule has 0 saturated carbocycles. The number of thiazole rings is 1. The minimum atomic E-state index is -0.379. The van der Waals surface area contributed by atoms with E-state index in [0.29, 0.717) is 0 Å². The van der Waals surface area contributed by atoms with E-state index in [1.807, 2.05) is 25.6 Å². The van der Waals surface area contributed by atoms with Gasteiger partial charge in [-0.15, -0.1) is 11.3 Å². The zero-order valence-electron chi connectivity index (χ0n) is 8.49. The molecule has 1 aromatic rings. The summed E-state index contributed by atoms with van der Waals surface area (Å²) in [5.74, 6) is 2.52. The Morgan fingerprint density at radius 1 is 1.43 bits per heavy atom. The molecule has 1 unspecified atom stereocenters. The number of aryl methyl sites for hydroxylation is 1. The van der Waals surface area contributed by atoms with Gasteiger partial charge in [-0.1, -0.05) is 13.8 Å². The quantitative estimate of drug-likeness (QED) is 0.846. The Kier molecular flexibility index (Phi) is 3.14. The second-order valence-electron chi connectivity index (χ2n) is 3.91. The van der Waals surface area contributed by atoms with Gasteiger partial charge < -0.3 is 5.11 Å². The third-order valence-electron chi connectivity index (χ3n) is 2.40. The predicted molar refractivity (Wildman–Crippen MR) is 61.8 cm³/mol. The Morgan fingerprint density at radius 2 is 2.21 bits per heavy atom.